The maximum Gasteiger partial charge on any atom is 0.252 e. The highest BCUT2D eigenvalue weighted by Crippen LogP contribution is 2.34. The molecule has 0 aromatic carbocycles. The van der Waals surface area contributed by atoms with Crippen molar-refractivity contribution in [1.29, 1.82) is 0 Å². The van der Waals surface area contributed by atoms with Crippen LogP contribution < -0.4 is 5.32 Å². The van der Waals surface area contributed by atoms with Gasteiger partial charge in [-0.15, -0.1) is 11.3 Å². The summed E-state index contributed by atoms with van der Waals surface area (Å²) in [6, 6.07) is 4.31. The zero-order valence-electron chi connectivity index (χ0n) is 16.9. The lowest BCUT2D eigenvalue weighted by Crippen LogP contribution is -2.45. The fourth-order valence-electron chi connectivity index (χ4n) is 4.47. The van der Waals surface area contributed by atoms with Crippen LogP contribution in [0.25, 0.3) is 5.57 Å². The highest BCUT2D eigenvalue weighted by Gasteiger charge is 2.33. The number of nitrogens with one attached hydrogen (secondary N) is 1. The van der Waals surface area contributed by atoms with Gasteiger partial charge in [0.15, 0.2) is 0 Å². The number of sulfonamides is 1. The number of likely N-dealkylation sites (tertiary alicyclic amines) is 1. The maximum absolute atomic E-state index is 13.2. The van der Waals surface area contributed by atoms with E-state index >= 15 is 0 Å². The summed E-state index contributed by atoms with van der Waals surface area (Å²) in [5.74, 6) is 0. The van der Waals surface area contributed by atoms with Gasteiger partial charge in [-0.25, -0.2) is 8.42 Å². The second kappa shape index (κ2) is 8.30. The number of dihydropyridines is 1. The van der Waals surface area contributed by atoms with Crippen LogP contribution in [-0.2, 0) is 10.0 Å². The average Bonchev–Trinajstić information content (AvgIpc) is 3.41. The number of hydrogen-bond acceptors (Lipinski definition) is 5. The van der Waals surface area contributed by atoms with Crippen LogP contribution in [0.4, 0.5) is 0 Å². The van der Waals surface area contributed by atoms with Gasteiger partial charge in [-0.05, 0) is 64.3 Å². The standard InChI is InChI=1S/C21H31N3O2S2/c1-3-17-14-19(16(2)22-15-17)20-6-7-21(27-20)28(25,26)24-12-8-18(9-13-24)23-10-4-5-11-23/h6-7,14,18,22H,3-5,8-13,15H2,1-2H3. The second-order valence-electron chi connectivity index (χ2n) is 8.05. The fourth-order valence-corrected chi connectivity index (χ4v) is 7.48. The van der Waals surface area contributed by atoms with Crippen LogP contribution in [0.5, 0.6) is 0 Å². The summed E-state index contributed by atoms with van der Waals surface area (Å²) in [6.07, 6.45) is 7.70. The third-order valence-corrected chi connectivity index (χ3v) is 9.79. The molecule has 0 spiro atoms. The number of allylic oxidation sites excluding steroid dienone is 3. The summed E-state index contributed by atoms with van der Waals surface area (Å²) in [6.45, 7) is 8.74. The normalized spacial score (nSPS) is 23.1. The second-order valence-corrected chi connectivity index (χ2v) is 11.3. The molecule has 0 bridgehead atoms. The van der Waals surface area contributed by atoms with Crippen LogP contribution in [-0.4, -0.2) is 56.4 Å². The summed E-state index contributed by atoms with van der Waals surface area (Å²) >= 11 is 1.40. The third-order valence-electron chi connectivity index (χ3n) is 6.31. The highest BCUT2D eigenvalue weighted by molar-refractivity contribution is 7.91. The van der Waals surface area contributed by atoms with Crippen molar-refractivity contribution in [2.24, 2.45) is 0 Å². The van der Waals surface area contributed by atoms with Crippen LogP contribution in [0, 0.1) is 0 Å². The van der Waals surface area contributed by atoms with Gasteiger partial charge in [-0.1, -0.05) is 18.6 Å². The van der Waals surface area contributed by atoms with Crippen LogP contribution in [0.15, 0.2) is 33.7 Å². The van der Waals surface area contributed by atoms with Gasteiger partial charge < -0.3 is 10.2 Å². The van der Waals surface area contributed by atoms with Gasteiger partial charge in [0.05, 0.1) is 0 Å². The van der Waals surface area contributed by atoms with Crippen molar-refractivity contribution in [2.75, 3.05) is 32.7 Å². The van der Waals surface area contributed by atoms with E-state index in [9.17, 15) is 8.42 Å². The van der Waals surface area contributed by atoms with Crippen molar-refractivity contribution in [3.05, 3.63) is 34.4 Å². The molecule has 2 saturated heterocycles. The van der Waals surface area contributed by atoms with Gasteiger partial charge in [0, 0.05) is 41.8 Å². The first kappa shape index (κ1) is 20.1. The molecule has 0 radical (unpaired) electrons. The summed E-state index contributed by atoms with van der Waals surface area (Å²) < 4.78 is 28.5. The number of nitrogens with zero attached hydrogens (tertiary/aromatic N) is 2. The largest absolute Gasteiger partial charge is 0.384 e. The highest BCUT2D eigenvalue weighted by atomic mass is 32.2. The Labute approximate surface area is 173 Å². The zero-order valence-corrected chi connectivity index (χ0v) is 18.5. The van der Waals surface area contributed by atoms with Crippen molar-refractivity contribution in [2.45, 2.75) is 56.2 Å². The minimum atomic E-state index is -3.39. The van der Waals surface area contributed by atoms with Crippen LogP contribution in [0.1, 0.15) is 50.8 Å². The molecule has 1 N–H and O–H groups in total. The molecule has 28 heavy (non-hydrogen) atoms. The number of thiophene rings is 1. The van der Waals surface area contributed by atoms with Crippen LogP contribution in [0.2, 0.25) is 0 Å². The zero-order chi connectivity index (χ0) is 19.7. The van der Waals surface area contributed by atoms with Crippen molar-refractivity contribution in [3.63, 3.8) is 0 Å². The maximum atomic E-state index is 13.2. The Hall–Kier alpha value is -1.15. The van der Waals surface area contributed by atoms with E-state index in [0.717, 1.165) is 42.0 Å². The minimum Gasteiger partial charge on any atom is -0.384 e. The van der Waals surface area contributed by atoms with E-state index in [1.807, 2.05) is 6.07 Å². The number of rotatable bonds is 5. The van der Waals surface area contributed by atoms with Crippen molar-refractivity contribution >= 4 is 26.9 Å². The first-order valence-electron chi connectivity index (χ1n) is 10.5. The minimum absolute atomic E-state index is 0.472. The van der Waals surface area contributed by atoms with Gasteiger partial charge >= 0.3 is 0 Å². The molecule has 7 heteroatoms. The Balaban J connectivity index is 1.48. The first-order chi connectivity index (χ1) is 13.5. The van der Waals surface area contributed by atoms with Crippen molar-refractivity contribution < 1.29 is 8.42 Å². The van der Waals surface area contributed by atoms with Crippen molar-refractivity contribution in [1.82, 2.24) is 14.5 Å². The molecular weight excluding hydrogens is 390 g/mol. The lowest BCUT2D eigenvalue weighted by molar-refractivity contribution is 0.168. The lowest BCUT2D eigenvalue weighted by Gasteiger charge is -2.35. The van der Waals surface area contributed by atoms with Crippen molar-refractivity contribution in [3.8, 4) is 0 Å². The molecule has 0 amide bonds. The number of piperidine rings is 1. The van der Waals surface area contributed by atoms with Crippen LogP contribution in [0.3, 0.4) is 0 Å². The summed E-state index contributed by atoms with van der Waals surface area (Å²) in [5, 5.41) is 3.43. The first-order valence-corrected chi connectivity index (χ1v) is 12.7. The summed E-state index contributed by atoms with van der Waals surface area (Å²) in [7, 11) is -3.39. The molecule has 3 aliphatic heterocycles. The number of hydrogen-bond donors (Lipinski definition) is 1. The Bertz CT molecular complexity index is 871. The average molecular weight is 422 g/mol. The van der Waals surface area contributed by atoms with E-state index in [1.54, 1.807) is 10.4 Å². The predicted octanol–water partition coefficient (Wildman–Crippen LogP) is 3.67. The monoisotopic (exact) mass is 421 g/mol. The molecule has 0 atom stereocenters. The van der Waals surface area contributed by atoms with Gasteiger partial charge in [0.2, 0.25) is 0 Å². The fraction of sp³-hybridized carbons (Fsp3) is 0.619. The van der Waals surface area contributed by atoms with E-state index in [-0.39, 0.29) is 0 Å². The SMILES string of the molecule is CCC1=CC(c2ccc(S(=O)(=O)N3CCC(N4CCCC4)CC3)s2)=C(C)NC1. The molecule has 0 saturated carbocycles. The Morgan fingerprint density at radius 1 is 1.14 bits per heavy atom. The molecule has 3 aliphatic rings. The molecule has 154 valence electrons. The van der Waals surface area contributed by atoms with E-state index in [1.165, 1.54) is 42.8 Å². The molecule has 0 unspecified atom stereocenters. The molecular formula is C21H31N3O2S2. The van der Waals surface area contributed by atoms with Gasteiger partial charge in [-0.2, -0.15) is 4.31 Å². The molecule has 0 aliphatic carbocycles. The Kier molecular flexibility index (Phi) is 5.97. The topological polar surface area (TPSA) is 52.7 Å². The lowest BCUT2D eigenvalue weighted by atomic mass is 10.0. The van der Waals surface area contributed by atoms with E-state index < -0.39 is 10.0 Å². The van der Waals surface area contributed by atoms with E-state index in [4.69, 9.17) is 0 Å². The Morgan fingerprint density at radius 3 is 2.54 bits per heavy atom. The van der Waals surface area contributed by atoms with E-state index in [2.05, 4.69) is 30.1 Å². The molecule has 1 aromatic rings. The quantitative estimate of drug-likeness (QED) is 0.788. The molecule has 5 nitrogen and oxygen atoms in total. The molecule has 2 fully saturated rings. The smallest absolute Gasteiger partial charge is 0.252 e. The summed E-state index contributed by atoms with van der Waals surface area (Å²) in [4.78, 5) is 3.58. The van der Waals surface area contributed by atoms with Gasteiger partial charge in [0.25, 0.3) is 10.0 Å². The summed E-state index contributed by atoms with van der Waals surface area (Å²) in [5.41, 5.74) is 3.60. The molecule has 4 heterocycles. The predicted molar refractivity (Wildman–Crippen MR) is 116 cm³/mol. The molecule has 4 rings (SSSR count). The Morgan fingerprint density at radius 2 is 1.86 bits per heavy atom. The molecule has 1 aromatic heterocycles. The van der Waals surface area contributed by atoms with E-state index in [0.29, 0.717) is 23.3 Å². The van der Waals surface area contributed by atoms with Gasteiger partial charge in [-0.3, -0.25) is 0 Å². The van der Waals surface area contributed by atoms with Gasteiger partial charge in [0.1, 0.15) is 4.21 Å². The van der Waals surface area contributed by atoms with Crippen LogP contribution >= 0.6 is 11.3 Å². The third kappa shape index (κ3) is 3.95.